The molecule has 0 atom stereocenters. The van der Waals surface area contributed by atoms with Gasteiger partial charge in [0.2, 0.25) is 5.43 Å². The number of rotatable bonds is 4. The number of hydrogen-bond acceptors (Lipinski definition) is 4. The predicted octanol–water partition coefficient (Wildman–Crippen LogP) is 2.01. The Bertz CT molecular complexity index is 1010. The van der Waals surface area contributed by atoms with E-state index in [1.165, 1.54) is 23.9 Å². The number of methoxy groups -OCH3 is 1. The standard InChI is InChI=1S/C18H16FN3O3/c1-22-14-8-7-12(19)9-13(14)17(23)16(21-22)18(24)20-10-11-5-3-4-6-15(11)25-2/h3-9H,10H2,1-2H3,(H,20,24). The molecule has 3 aromatic rings. The van der Waals surface area contributed by atoms with Crippen molar-refractivity contribution in [3.8, 4) is 5.75 Å². The van der Waals surface area contributed by atoms with E-state index in [0.717, 1.165) is 11.6 Å². The molecule has 0 spiro atoms. The second-order valence-corrected chi connectivity index (χ2v) is 5.46. The molecule has 0 bridgehead atoms. The third-order valence-electron chi connectivity index (χ3n) is 3.86. The number of ether oxygens (including phenoxy) is 1. The number of fused-ring (bicyclic) bond motifs is 1. The van der Waals surface area contributed by atoms with Gasteiger partial charge >= 0.3 is 0 Å². The maximum Gasteiger partial charge on any atom is 0.276 e. The number of halogens is 1. The van der Waals surface area contributed by atoms with Gasteiger partial charge in [-0.25, -0.2) is 4.39 Å². The topological polar surface area (TPSA) is 73.2 Å². The highest BCUT2D eigenvalue weighted by Gasteiger charge is 2.17. The number of nitrogens with zero attached hydrogens (tertiary/aromatic N) is 2. The Hall–Kier alpha value is -3.22. The second kappa shape index (κ2) is 6.72. The summed E-state index contributed by atoms with van der Waals surface area (Å²) >= 11 is 0. The molecule has 0 fully saturated rings. The number of hydrogen-bond donors (Lipinski definition) is 1. The molecule has 3 rings (SSSR count). The van der Waals surface area contributed by atoms with Crippen molar-refractivity contribution in [2.24, 2.45) is 7.05 Å². The van der Waals surface area contributed by atoms with Crippen LogP contribution in [-0.2, 0) is 13.6 Å². The van der Waals surface area contributed by atoms with Gasteiger partial charge in [-0.05, 0) is 24.3 Å². The fourth-order valence-corrected chi connectivity index (χ4v) is 2.61. The molecule has 0 radical (unpaired) electrons. The summed E-state index contributed by atoms with van der Waals surface area (Å²) in [5.74, 6) is -0.543. The molecule has 0 aliphatic heterocycles. The molecule has 1 heterocycles. The van der Waals surface area contributed by atoms with Crippen LogP contribution in [0.15, 0.2) is 47.3 Å². The number of aryl methyl sites for hydroxylation is 1. The maximum absolute atomic E-state index is 13.5. The Morgan fingerprint density at radius 1 is 1.28 bits per heavy atom. The van der Waals surface area contributed by atoms with Crippen LogP contribution in [0.3, 0.4) is 0 Å². The molecule has 1 amide bonds. The number of benzene rings is 2. The van der Waals surface area contributed by atoms with E-state index in [0.29, 0.717) is 11.3 Å². The van der Waals surface area contributed by atoms with Crippen molar-refractivity contribution in [3.63, 3.8) is 0 Å². The number of nitrogens with one attached hydrogen (secondary N) is 1. The molecular weight excluding hydrogens is 325 g/mol. The number of aromatic nitrogens is 2. The lowest BCUT2D eigenvalue weighted by atomic mass is 10.1. The van der Waals surface area contributed by atoms with E-state index >= 15 is 0 Å². The Balaban J connectivity index is 1.92. The molecule has 25 heavy (non-hydrogen) atoms. The highest BCUT2D eigenvalue weighted by atomic mass is 19.1. The summed E-state index contributed by atoms with van der Waals surface area (Å²) in [6.45, 7) is 0.175. The lowest BCUT2D eigenvalue weighted by molar-refractivity contribution is 0.0942. The minimum Gasteiger partial charge on any atom is -0.496 e. The van der Waals surface area contributed by atoms with Crippen LogP contribution >= 0.6 is 0 Å². The summed E-state index contributed by atoms with van der Waals surface area (Å²) in [5, 5.41) is 6.78. The van der Waals surface area contributed by atoms with E-state index < -0.39 is 17.2 Å². The fourth-order valence-electron chi connectivity index (χ4n) is 2.61. The molecular formula is C18H16FN3O3. The van der Waals surface area contributed by atoms with E-state index in [2.05, 4.69) is 10.4 Å². The molecule has 0 unspecified atom stereocenters. The predicted molar refractivity (Wildman–Crippen MR) is 91.1 cm³/mol. The van der Waals surface area contributed by atoms with Gasteiger partial charge in [0.1, 0.15) is 11.6 Å². The zero-order valence-corrected chi connectivity index (χ0v) is 13.7. The first-order valence-electron chi connectivity index (χ1n) is 7.58. The highest BCUT2D eigenvalue weighted by molar-refractivity contribution is 5.95. The maximum atomic E-state index is 13.5. The quantitative estimate of drug-likeness (QED) is 0.788. The highest BCUT2D eigenvalue weighted by Crippen LogP contribution is 2.17. The SMILES string of the molecule is COc1ccccc1CNC(=O)c1nn(C)c2ccc(F)cc2c1=O. The first-order chi connectivity index (χ1) is 12.0. The third kappa shape index (κ3) is 3.21. The van der Waals surface area contributed by atoms with Gasteiger partial charge in [0.25, 0.3) is 5.91 Å². The Labute approximate surface area is 142 Å². The van der Waals surface area contributed by atoms with E-state index in [9.17, 15) is 14.0 Å². The van der Waals surface area contributed by atoms with Crippen LogP contribution in [0.4, 0.5) is 4.39 Å². The van der Waals surface area contributed by atoms with Crippen LogP contribution in [-0.4, -0.2) is 22.8 Å². The smallest absolute Gasteiger partial charge is 0.276 e. The lowest BCUT2D eigenvalue weighted by Crippen LogP contribution is -2.31. The van der Waals surface area contributed by atoms with Crippen molar-refractivity contribution in [2.75, 3.05) is 7.11 Å². The van der Waals surface area contributed by atoms with Gasteiger partial charge < -0.3 is 10.1 Å². The largest absolute Gasteiger partial charge is 0.496 e. The zero-order valence-electron chi connectivity index (χ0n) is 13.7. The van der Waals surface area contributed by atoms with Crippen molar-refractivity contribution in [2.45, 2.75) is 6.54 Å². The summed E-state index contributed by atoms with van der Waals surface area (Å²) in [6, 6.07) is 11.0. The molecule has 128 valence electrons. The van der Waals surface area contributed by atoms with Crippen LogP contribution in [0.2, 0.25) is 0 Å². The number of para-hydroxylation sites is 1. The Kier molecular flexibility index (Phi) is 4.47. The van der Waals surface area contributed by atoms with Gasteiger partial charge in [0, 0.05) is 19.2 Å². The van der Waals surface area contributed by atoms with E-state index in [1.54, 1.807) is 19.2 Å². The van der Waals surface area contributed by atoms with Crippen LogP contribution in [0.25, 0.3) is 10.9 Å². The molecule has 0 aliphatic rings. The van der Waals surface area contributed by atoms with Crippen LogP contribution in [0, 0.1) is 5.82 Å². The molecule has 1 N–H and O–H groups in total. The van der Waals surface area contributed by atoms with E-state index in [-0.39, 0.29) is 17.6 Å². The monoisotopic (exact) mass is 341 g/mol. The minimum absolute atomic E-state index is 0.111. The van der Waals surface area contributed by atoms with Crippen molar-refractivity contribution >= 4 is 16.8 Å². The van der Waals surface area contributed by atoms with Crippen LogP contribution in [0.1, 0.15) is 16.1 Å². The first kappa shape index (κ1) is 16.6. The van der Waals surface area contributed by atoms with Gasteiger partial charge in [-0.1, -0.05) is 18.2 Å². The average Bonchev–Trinajstić information content (AvgIpc) is 2.62. The van der Waals surface area contributed by atoms with Gasteiger partial charge in [-0.15, -0.1) is 0 Å². The molecule has 0 aliphatic carbocycles. The van der Waals surface area contributed by atoms with E-state index in [4.69, 9.17) is 4.74 Å². The molecule has 2 aromatic carbocycles. The molecule has 0 saturated carbocycles. The summed E-state index contributed by atoms with van der Waals surface area (Å²) < 4.78 is 20.1. The van der Waals surface area contributed by atoms with Crippen LogP contribution in [0.5, 0.6) is 5.75 Å². The average molecular weight is 341 g/mol. The van der Waals surface area contributed by atoms with Gasteiger partial charge in [-0.2, -0.15) is 5.10 Å². The Morgan fingerprint density at radius 2 is 2.04 bits per heavy atom. The Morgan fingerprint density at radius 3 is 2.80 bits per heavy atom. The van der Waals surface area contributed by atoms with Crippen molar-refractivity contribution in [1.29, 1.82) is 0 Å². The van der Waals surface area contributed by atoms with Crippen molar-refractivity contribution in [1.82, 2.24) is 15.1 Å². The summed E-state index contributed by atoms with van der Waals surface area (Å²) in [7, 11) is 3.13. The fraction of sp³-hybridized carbons (Fsp3) is 0.167. The van der Waals surface area contributed by atoms with Gasteiger partial charge in [0.15, 0.2) is 5.69 Å². The van der Waals surface area contributed by atoms with E-state index in [1.807, 2.05) is 12.1 Å². The first-order valence-corrected chi connectivity index (χ1v) is 7.58. The number of amides is 1. The third-order valence-corrected chi connectivity index (χ3v) is 3.86. The zero-order chi connectivity index (χ0) is 18.0. The molecule has 1 aromatic heterocycles. The van der Waals surface area contributed by atoms with Crippen LogP contribution < -0.4 is 15.5 Å². The summed E-state index contributed by atoms with van der Waals surface area (Å²) in [5.41, 5.74) is 0.329. The lowest BCUT2D eigenvalue weighted by Gasteiger charge is -2.10. The molecule has 6 nitrogen and oxygen atoms in total. The van der Waals surface area contributed by atoms with Crippen molar-refractivity contribution in [3.05, 3.63) is 69.8 Å². The van der Waals surface area contributed by atoms with Gasteiger partial charge in [0.05, 0.1) is 18.0 Å². The van der Waals surface area contributed by atoms with Crippen molar-refractivity contribution < 1.29 is 13.9 Å². The number of carbonyl (C=O) groups is 1. The summed E-state index contributed by atoms with van der Waals surface area (Å²) in [6.07, 6.45) is 0. The number of carbonyl (C=O) groups excluding carboxylic acids is 1. The van der Waals surface area contributed by atoms with Gasteiger partial charge in [-0.3, -0.25) is 14.3 Å². The normalized spacial score (nSPS) is 10.7. The second-order valence-electron chi connectivity index (χ2n) is 5.46. The molecule has 0 saturated heterocycles. The molecule has 7 heteroatoms. The summed E-state index contributed by atoms with van der Waals surface area (Å²) in [4.78, 5) is 24.9. The minimum atomic E-state index is -0.627.